The Labute approximate surface area is 79.2 Å². The molecule has 0 saturated heterocycles. The minimum absolute atomic E-state index is 0.267. The molecule has 0 amide bonds. The van der Waals surface area contributed by atoms with Gasteiger partial charge in [0.25, 0.3) is 0 Å². The fourth-order valence-electron chi connectivity index (χ4n) is 0.919. The molecule has 0 spiro atoms. The Balaban J connectivity index is 2.60. The summed E-state index contributed by atoms with van der Waals surface area (Å²) in [6.45, 7) is 2.08. The van der Waals surface area contributed by atoms with Crippen molar-refractivity contribution in [2.45, 2.75) is 25.9 Å². The lowest BCUT2D eigenvalue weighted by Crippen LogP contribution is -1.91. The fraction of sp³-hybridized carbons (Fsp3) is 0.500. The molecule has 1 nitrogen and oxygen atoms in total. The van der Waals surface area contributed by atoms with Gasteiger partial charge in [0.15, 0.2) is 0 Å². The lowest BCUT2D eigenvalue weighted by atomic mass is 10.2. The summed E-state index contributed by atoms with van der Waals surface area (Å²) >= 11 is 4.95. The molecule has 0 aliphatic carbocycles. The summed E-state index contributed by atoms with van der Waals surface area (Å²) in [6.07, 6.45) is 1.61. The monoisotopic (exact) mass is 234 g/mol. The highest BCUT2D eigenvalue weighted by molar-refractivity contribution is 9.10. The molecule has 0 aliphatic heterocycles. The number of thiophene rings is 1. The molecule has 0 aliphatic rings. The van der Waals surface area contributed by atoms with Crippen molar-refractivity contribution in [2.75, 3.05) is 0 Å². The number of aliphatic hydroxyl groups excluding tert-OH is 1. The van der Waals surface area contributed by atoms with Crippen LogP contribution in [0, 0.1) is 0 Å². The Morgan fingerprint density at radius 3 is 2.91 bits per heavy atom. The van der Waals surface area contributed by atoms with Gasteiger partial charge in [-0.3, -0.25) is 0 Å². The van der Waals surface area contributed by atoms with Crippen LogP contribution in [0.3, 0.4) is 0 Å². The van der Waals surface area contributed by atoms with E-state index in [9.17, 15) is 5.11 Å². The third kappa shape index (κ3) is 2.58. The second-order valence-corrected chi connectivity index (χ2v) is 4.33. The molecule has 0 unspecified atom stereocenters. The van der Waals surface area contributed by atoms with Crippen LogP contribution >= 0.6 is 27.3 Å². The van der Waals surface area contributed by atoms with Gasteiger partial charge in [0.1, 0.15) is 0 Å². The van der Waals surface area contributed by atoms with Gasteiger partial charge in [-0.25, -0.2) is 0 Å². The van der Waals surface area contributed by atoms with Crippen LogP contribution in [-0.4, -0.2) is 5.11 Å². The van der Waals surface area contributed by atoms with Crippen LogP contribution < -0.4 is 0 Å². The second kappa shape index (κ2) is 4.24. The first kappa shape index (κ1) is 9.23. The first-order valence-corrected chi connectivity index (χ1v) is 5.33. The predicted octanol–water partition coefficient (Wildman–Crippen LogP) is 3.34. The minimum Gasteiger partial charge on any atom is -0.388 e. The average molecular weight is 235 g/mol. The smallest absolute Gasteiger partial charge is 0.0882 e. The van der Waals surface area contributed by atoms with Crippen LogP contribution in [-0.2, 0) is 0 Å². The molecule has 0 aromatic carbocycles. The van der Waals surface area contributed by atoms with E-state index in [0.717, 1.165) is 22.2 Å². The Morgan fingerprint density at radius 2 is 2.45 bits per heavy atom. The molecule has 1 aromatic heterocycles. The van der Waals surface area contributed by atoms with E-state index in [-0.39, 0.29) is 6.10 Å². The maximum absolute atomic E-state index is 9.52. The van der Waals surface area contributed by atoms with Gasteiger partial charge in [0.05, 0.1) is 6.10 Å². The average Bonchev–Trinajstić information content (AvgIpc) is 2.36. The normalized spacial score (nSPS) is 13.4. The van der Waals surface area contributed by atoms with Crippen molar-refractivity contribution in [2.24, 2.45) is 0 Å². The summed E-state index contributed by atoms with van der Waals surface area (Å²) in [5.74, 6) is 0. The topological polar surface area (TPSA) is 20.2 Å². The van der Waals surface area contributed by atoms with Gasteiger partial charge in [-0.05, 0) is 28.4 Å². The van der Waals surface area contributed by atoms with E-state index in [1.807, 2.05) is 11.4 Å². The number of aliphatic hydroxyl groups is 1. The summed E-state index contributed by atoms with van der Waals surface area (Å²) in [4.78, 5) is 1.05. The van der Waals surface area contributed by atoms with Gasteiger partial charge in [-0.2, -0.15) is 0 Å². The zero-order chi connectivity index (χ0) is 8.27. The highest BCUT2D eigenvalue weighted by Crippen LogP contribution is 2.27. The van der Waals surface area contributed by atoms with Crippen molar-refractivity contribution in [3.8, 4) is 0 Å². The number of hydrogen-bond donors (Lipinski definition) is 1. The summed E-state index contributed by atoms with van der Waals surface area (Å²) < 4.78 is 1.06. The van der Waals surface area contributed by atoms with E-state index >= 15 is 0 Å². The van der Waals surface area contributed by atoms with E-state index in [1.54, 1.807) is 11.3 Å². The summed E-state index contributed by atoms with van der Waals surface area (Å²) in [5.41, 5.74) is 0. The first-order valence-electron chi connectivity index (χ1n) is 3.66. The van der Waals surface area contributed by atoms with Gasteiger partial charge >= 0.3 is 0 Å². The van der Waals surface area contributed by atoms with Gasteiger partial charge in [-0.1, -0.05) is 13.3 Å². The molecule has 0 fully saturated rings. The number of hydrogen-bond acceptors (Lipinski definition) is 2. The van der Waals surface area contributed by atoms with Crippen molar-refractivity contribution in [3.63, 3.8) is 0 Å². The summed E-state index contributed by atoms with van der Waals surface area (Å²) in [7, 11) is 0. The molecule has 1 rings (SSSR count). The largest absolute Gasteiger partial charge is 0.388 e. The first-order chi connectivity index (χ1) is 5.24. The molecule has 11 heavy (non-hydrogen) atoms. The molecular weight excluding hydrogens is 224 g/mol. The Kier molecular flexibility index (Phi) is 3.55. The van der Waals surface area contributed by atoms with Crippen molar-refractivity contribution in [1.29, 1.82) is 0 Å². The predicted molar refractivity (Wildman–Crippen MR) is 51.9 cm³/mol. The molecule has 1 heterocycles. The molecule has 0 bridgehead atoms. The van der Waals surface area contributed by atoms with Crippen molar-refractivity contribution >= 4 is 27.3 Å². The summed E-state index contributed by atoms with van der Waals surface area (Å²) in [6, 6.07) is 1.98. The maximum atomic E-state index is 9.52. The third-order valence-corrected chi connectivity index (χ3v) is 3.27. The molecule has 3 heteroatoms. The van der Waals surface area contributed by atoms with Crippen molar-refractivity contribution in [1.82, 2.24) is 0 Å². The van der Waals surface area contributed by atoms with Gasteiger partial charge in [0.2, 0.25) is 0 Å². The Hall–Kier alpha value is 0.140. The lowest BCUT2D eigenvalue weighted by Gasteiger charge is -2.04. The molecular formula is C8H11BrOS. The number of halogens is 1. The van der Waals surface area contributed by atoms with Crippen LogP contribution in [0.25, 0.3) is 0 Å². The molecule has 1 N–H and O–H groups in total. The van der Waals surface area contributed by atoms with Crippen molar-refractivity contribution in [3.05, 3.63) is 20.8 Å². The van der Waals surface area contributed by atoms with Gasteiger partial charge < -0.3 is 5.11 Å². The van der Waals surface area contributed by atoms with Gasteiger partial charge in [0, 0.05) is 14.7 Å². The Bertz CT molecular complexity index is 222. The minimum atomic E-state index is -0.267. The highest BCUT2D eigenvalue weighted by atomic mass is 79.9. The molecule has 0 radical (unpaired) electrons. The second-order valence-electron chi connectivity index (χ2n) is 2.47. The van der Waals surface area contributed by atoms with E-state index < -0.39 is 0 Å². The van der Waals surface area contributed by atoms with Gasteiger partial charge in [-0.15, -0.1) is 11.3 Å². The fourth-order valence-corrected chi connectivity index (χ4v) is 2.38. The maximum Gasteiger partial charge on any atom is 0.0882 e. The van der Waals surface area contributed by atoms with Crippen LogP contribution in [0.15, 0.2) is 15.9 Å². The zero-order valence-corrected chi connectivity index (χ0v) is 8.78. The van der Waals surface area contributed by atoms with E-state index in [2.05, 4.69) is 22.9 Å². The van der Waals surface area contributed by atoms with Crippen LogP contribution in [0.4, 0.5) is 0 Å². The van der Waals surface area contributed by atoms with E-state index in [1.165, 1.54) is 0 Å². The van der Waals surface area contributed by atoms with Crippen molar-refractivity contribution < 1.29 is 5.11 Å². The molecule has 1 aromatic rings. The standard InChI is InChI=1S/C8H11BrOS/c1-2-3-7(10)8-4-6(9)5-11-8/h4-5,7,10H,2-3H2,1H3/t7-/m0/s1. The number of rotatable bonds is 3. The van der Waals surface area contributed by atoms with Crippen LogP contribution in [0.5, 0.6) is 0 Å². The van der Waals surface area contributed by atoms with E-state index in [0.29, 0.717) is 0 Å². The highest BCUT2D eigenvalue weighted by Gasteiger charge is 2.07. The third-order valence-electron chi connectivity index (χ3n) is 1.48. The van der Waals surface area contributed by atoms with Crippen LogP contribution in [0.2, 0.25) is 0 Å². The quantitative estimate of drug-likeness (QED) is 0.851. The molecule has 0 saturated carbocycles. The molecule has 1 atom stereocenters. The SMILES string of the molecule is CCC[C@H](O)c1cc(Br)cs1. The zero-order valence-electron chi connectivity index (χ0n) is 6.38. The molecule has 62 valence electrons. The van der Waals surface area contributed by atoms with Crippen LogP contribution in [0.1, 0.15) is 30.7 Å². The Morgan fingerprint density at radius 1 is 1.73 bits per heavy atom. The lowest BCUT2D eigenvalue weighted by molar-refractivity contribution is 0.170. The van der Waals surface area contributed by atoms with E-state index in [4.69, 9.17) is 0 Å². The summed E-state index contributed by atoms with van der Waals surface area (Å²) in [5, 5.41) is 11.5.